The second kappa shape index (κ2) is 6.78. The van der Waals surface area contributed by atoms with Crippen molar-refractivity contribution in [2.24, 2.45) is 11.3 Å². The number of rotatable bonds is 5. The van der Waals surface area contributed by atoms with E-state index >= 15 is 0 Å². The molecule has 1 fully saturated rings. The first-order chi connectivity index (χ1) is 9.91. The fourth-order valence-corrected chi connectivity index (χ4v) is 4.21. The zero-order valence-electron chi connectivity index (χ0n) is 11.7. The third kappa shape index (κ3) is 3.87. The quantitative estimate of drug-likeness (QED) is 0.586. The van der Waals surface area contributed by atoms with Crippen LogP contribution in [-0.4, -0.2) is 11.8 Å². The Bertz CT molecular complexity index is 461. The summed E-state index contributed by atoms with van der Waals surface area (Å²) in [6.07, 6.45) is 0.644. The molecule has 0 saturated heterocycles. The average Bonchev–Trinajstić information content (AvgIpc) is 2.99. The fraction of sp³-hybridized carbons (Fsp3) is 0.625. The van der Waals surface area contributed by atoms with Crippen LogP contribution < -0.4 is 0 Å². The molecule has 0 spiro atoms. The number of halogens is 5. The number of alkyl halides is 5. The maximum absolute atomic E-state index is 12.8. The van der Waals surface area contributed by atoms with E-state index < -0.39 is 11.7 Å². The Kier molecular flexibility index (Phi) is 5.48. The first-order valence-electron chi connectivity index (χ1n) is 7.19. The van der Waals surface area contributed by atoms with Gasteiger partial charge in [-0.2, -0.15) is 13.2 Å². The predicted octanol–water partition coefficient (Wildman–Crippen LogP) is 5.90. The molecular weight excluding hydrogens is 320 g/mol. The molecule has 1 aromatic carbocycles. The van der Waals surface area contributed by atoms with Crippen LogP contribution in [-0.2, 0) is 12.6 Å². The van der Waals surface area contributed by atoms with Gasteiger partial charge in [0.25, 0.3) is 0 Å². The monoisotopic (exact) mass is 338 g/mol. The van der Waals surface area contributed by atoms with Crippen molar-refractivity contribution >= 4 is 23.2 Å². The normalized spacial score (nSPS) is 17.4. The SMILES string of the molecule is FC(F)(F)c1cccc(CC(CCl)(CCl)C2CCCC2)c1. The molecule has 0 amide bonds. The molecule has 0 unspecified atom stereocenters. The summed E-state index contributed by atoms with van der Waals surface area (Å²) < 4.78 is 38.4. The standard InChI is InChI=1S/C16H19Cl2F3/c17-10-15(11-18,13-5-1-2-6-13)9-12-4-3-7-14(8-12)16(19,20)21/h3-4,7-8,13H,1-2,5-6,9-11H2. The Hall–Kier alpha value is -0.410. The summed E-state index contributed by atoms with van der Waals surface area (Å²) in [7, 11) is 0. The lowest BCUT2D eigenvalue weighted by Gasteiger charge is -2.36. The van der Waals surface area contributed by atoms with Gasteiger partial charge in [0.2, 0.25) is 0 Å². The molecule has 0 aliphatic heterocycles. The van der Waals surface area contributed by atoms with Gasteiger partial charge in [-0.15, -0.1) is 23.2 Å². The Labute approximate surface area is 133 Å². The van der Waals surface area contributed by atoms with Gasteiger partial charge in [-0.3, -0.25) is 0 Å². The second-order valence-electron chi connectivity index (χ2n) is 5.99. The highest BCUT2D eigenvalue weighted by molar-refractivity contribution is 6.21. The van der Waals surface area contributed by atoms with Crippen molar-refractivity contribution in [1.29, 1.82) is 0 Å². The topological polar surface area (TPSA) is 0 Å². The van der Waals surface area contributed by atoms with E-state index in [1.54, 1.807) is 6.07 Å². The highest BCUT2D eigenvalue weighted by Gasteiger charge is 2.39. The van der Waals surface area contributed by atoms with Gasteiger partial charge in [-0.25, -0.2) is 0 Å². The lowest BCUT2D eigenvalue weighted by Crippen LogP contribution is -2.35. The number of benzene rings is 1. The van der Waals surface area contributed by atoms with Gasteiger partial charge in [0.05, 0.1) is 5.56 Å². The van der Waals surface area contributed by atoms with Crippen LogP contribution in [0.1, 0.15) is 36.8 Å². The summed E-state index contributed by atoms with van der Waals surface area (Å²) in [5, 5.41) is 0. The van der Waals surface area contributed by atoms with E-state index in [0.717, 1.165) is 31.7 Å². The van der Waals surface area contributed by atoms with Gasteiger partial charge in [-0.1, -0.05) is 31.0 Å². The van der Waals surface area contributed by atoms with E-state index in [9.17, 15) is 13.2 Å². The summed E-state index contributed by atoms with van der Waals surface area (Å²) in [5.41, 5.74) is -0.244. The van der Waals surface area contributed by atoms with Crippen molar-refractivity contribution in [3.05, 3.63) is 35.4 Å². The molecule has 0 bridgehead atoms. The van der Waals surface area contributed by atoms with Gasteiger partial charge in [-0.05, 0) is 36.8 Å². The molecule has 1 aromatic rings. The van der Waals surface area contributed by atoms with Gasteiger partial charge in [0.15, 0.2) is 0 Å². The molecule has 1 aliphatic carbocycles. The first kappa shape index (κ1) is 17.0. The van der Waals surface area contributed by atoms with Crippen molar-refractivity contribution < 1.29 is 13.2 Å². The van der Waals surface area contributed by atoms with Gasteiger partial charge in [0.1, 0.15) is 0 Å². The summed E-state index contributed by atoms with van der Waals surface area (Å²) in [6, 6.07) is 5.52. The van der Waals surface area contributed by atoms with E-state index in [4.69, 9.17) is 23.2 Å². The van der Waals surface area contributed by atoms with Crippen LogP contribution in [0.3, 0.4) is 0 Å². The maximum Gasteiger partial charge on any atom is 0.416 e. The van der Waals surface area contributed by atoms with E-state index in [0.29, 0.717) is 29.7 Å². The average molecular weight is 339 g/mol. The third-order valence-electron chi connectivity index (χ3n) is 4.56. The highest BCUT2D eigenvalue weighted by atomic mass is 35.5. The number of hydrogen-bond acceptors (Lipinski definition) is 0. The highest BCUT2D eigenvalue weighted by Crippen LogP contribution is 2.44. The van der Waals surface area contributed by atoms with Crippen molar-refractivity contribution in [3.8, 4) is 0 Å². The van der Waals surface area contributed by atoms with E-state index in [1.165, 1.54) is 12.1 Å². The van der Waals surface area contributed by atoms with Crippen molar-refractivity contribution in [1.82, 2.24) is 0 Å². The Balaban J connectivity index is 2.24. The van der Waals surface area contributed by atoms with Crippen LogP contribution in [0.15, 0.2) is 24.3 Å². The summed E-state index contributed by atoms with van der Waals surface area (Å²) >= 11 is 12.4. The lowest BCUT2D eigenvalue weighted by atomic mass is 9.73. The van der Waals surface area contributed by atoms with Crippen molar-refractivity contribution in [2.75, 3.05) is 11.8 Å². The minimum Gasteiger partial charge on any atom is -0.166 e. The Morgan fingerprint density at radius 3 is 2.19 bits per heavy atom. The molecule has 0 N–H and O–H groups in total. The Morgan fingerprint density at radius 2 is 1.67 bits per heavy atom. The predicted molar refractivity (Wildman–Crippen MR) is 81.0 cm³/mol. The van der Waals surface area contributed by atoms with Crippen molar-refractivity contribution in [3.63, 3.8) is 0 Å². The Morgan fingerprint density at radius 1 is 1.05 bits per heavy atom. The largest absolute Gasteiger partial charge is 0.416 e. The zero-order valence-corrected chi connectivity index (χ0v) is 13.2. The van der Waals surface area contributed by atoms with Crippen LogP contribution in [0.4, 0.5) is 13.2 Å². The van der Waals surface area contributed by atoms with Gasteiger partial charge < -0.3 is 0 Å². The maximum atomic E-state index is 12.8. The molecule has 0 aromatic heterocycles. The van der Waals surface area contributed by atoms with Crippen LogP contribution >= 0.6 is 23.2 Å². The molecule has 118 valence electrons. The molecule has 0 radical (unpaired) electrons. The van der Waals surface area contributed by atoms with Crippen LogP contribution in [0.25, 0.3) is 0 Å². The molecule has 2 rings (SSSR count). The van der Waals surface area contributed by atoms with E-state index in [2.05, 4.69) is 0 Å². The smallest absolute Gasteiger partial charge is 0.166 e. The molecule has 0 heterocycles. The third-order valence-corrected chi connectivity index (χ3v) is 5.63. The van der Waals surface area contributed by atoms with Gasteiger partial charge in [0, 0.05) is 17.2 Å². The van der Waals surface area contributed by atoms with Crippen LogP contribution in [0.2, 0.25) is 0 Å². The zero-order chi connectivity index (χ0) is 15.5. The summed E-state index contributed by atoms with van der Waals surface area (Å²) in [4.78, 5) is 0. The molecule has 1 saturated carbocycles. The molecule has 5 heteroatoms. The van der Waals surface area contributed by atoms with Crippen LogP contribution in [0, 0.1) is 11.3 Å². The minimum atomic E-state index is -4.31. The lowest BCUT2D eigenvalue weighted by molar-refractivity contribution is -0.137. The summed E-state index contributed by atoms with van der Waals surface area (Å²) in [6.45, 7) is 0. The second-order valence-corrected chi connectivity index (χ2v) is 6.52. The molecule has 1 aliphatic rings. The number of hydrogen-bond donors (Lipinski definition) is 0. The minimum absolute atomic E-state index is 0.302. The molecule has 0 atom stereocenters. The molecular formula is C16H19Cl2F3. The van der Waals surface area contributed by atoms with Gasteiger partial charge >= 0.3 is 6.18 Å². The molecule has 21 heavy (non-hydrogen) atoms. The fourth-order valence-electron chi connectivity index (χ4n) is 3.30. The van der Waals surface area contributed by atoms with Crippen molar-refractivity contribution in [2.45, 2.75) is 38.3 Å². The first-order valence-corrected chi connectivity index (χ1v) is 8.26. The van der Waals surface area contributed by atoms with E-state index in [1.807, 2.05) is 0 Å². The summed E-state index contributed by atoms with van der Waals surface area (Å²) in [5.74, 6) is 1.18. The molecule has 0 nitrogen and oxygen atoms in total. The van der Waals surface area contributed by atoms with E-state index in [-0.39, 0.29) is 5.41 Å². The van der Waals surface area contributed by atoms with Crippen LogP contribution in [0.5, 0.6) is 0 Å².